The number of nitrogens with zero attached hydrogens (tertiary/aromatic N) is 2. The Morgan fingerprint density at radius 1 is 1.47 bits per heavy atom. The number of pyridine rings is 1. The summed E-state index contributed by atoms with van der Waals surface area (Å²) in [5.41, 5.74) is 8.59. The molecule has 78 valence electrons. The van der Waals surface area contributed by atoms with E-state index in [-0.39, 0.29) is 0 Å². The van der Waals surface area contributed by atoms with E-state index in [9.17, 15) is 0 Å². The van der Waals surface area contributed by atoms with Crippen LogP contribution in [0.3, 0.4) is 0 Å². The van der Waals surface area contributed by atoms with Gasteiger partial charge in [0, 0.05) is 23.0 Å². The lowest BCUT2D eigenvalue weighted by molar-refractivity contribution is 0.435. The van der Waals surface area contributed by atoms with Crippen LogP contribution in [0.5, 0.6) is 0 Å². The van der Waals surface area contributed by atoms with Gasteiger partial charge in [0.25, 0.3) is 0 Å². The molecule has 0 saturated heterocycles. The van der Waals surface area contributed by atoms with Crippen LogP contribution in [0.25, 0.3) is 11.3 Å². The van der Waals surface area contributed by atoms with Crippen LogP contribution >= 0.6 is 0 Å². The molecule has 0 radical (unpaired) electrons. The van der Waals surface area contributed by atoms with E-state index in [1.54, 1.807) is 6.20 Å². The van der Waals surface area contributed by atoms with E-state index in [0.717, 1.165) is 29.0 Å². The Balaban J connectivity index is 2.54. The average molecular weight is 203 g/mol. The monoisotopic (exact) mass is 203 g/mol. The maximum atomic E-state index is 5.71. The normalized spacial score (nSPS) is 10.5. The lowest BCUT2D eigenvalue weighted by atomic mass is 10.1. The molecule has 0 amide bonds. The molecule has 2 N–H and O–H groups in total. The Hall–Kier alpha value is -1.84. The highest BCUT2D eigenvalue weighted by atomic mass is 16.5. The third-order valence-electron chi connectivity index (χ3n) is 2.33. The van der Waals surface area contributed by atoms with Gasteiger partial charge in [-0.3, -0.25) is 4.98 Å². The van der Waals surface area contributed by atoms with Gasteiger partial charge in [0.05, 0.1) is 0 Å². The molecule has 0 bridgehead atoms. The molecule has 0 unspecified atom stereocenters. The van der Waals surface area contributed by atoms with E-state index in [4.69, 9.17) is 10.3 Å². The molecular formula is C11H13N3O. The largest absolute Gasteiger partial charge is 0.381 e. The maximum Gasteiger partial charge on any atom is 0.172 e. The molecule has 0 fully saturated rings. The molecule has 0 aliphatic heterocycles. The summed E-state index contributed by atoms with van der Waals surface area (Å²) in [7, 11) is 0. The Kier molecular flexibility index (Phi) is 2.41. The number of aryl methyl sites for hydroxylation is 1. The third-order valence-corrected chi connectivity index (χ3v) is 2.33. The van der Waals surface area contributed by atoms with Crippen molar-refractivity contribution in [1.82, 2.24) is 10.1 Å². The van der Waals surface area contributed by atoms with Crippen LogP contribution in [0.1, 0.15) is 18.2 Å². The van der Waals surface area contributed by atoms with Crippen molar-refractivity contribution in [3.8, 4) is 11.3 Å². The summed E-state index contributed by atoms with van der Waals surface area (Å²) in [5, 5.41) is 3.78. The van der Waals surface area contributed by atoms with Crippen LogP contribution in [0, 0.1) is 6.92 Å². The van der Waals surface area contributed by atoms with E-state index in [2.05, 4.69) is 10.1 Å². The number of hydrogen-bond donors (Lipinski definition) is 1. The quantitative estimate of drug-likeness (QED) is 0.812. The molecule has 0 aromatic carbocycles. The first kappa shape index (κ1) is 9.71. The number of nitrogens with two attached hydrogens (primary N) is 1. The van der Waals surface area contributed by atoms with Crippen molar-refractivity contribution in [3.05, 3.63) is 29.6 Å². The van der Waals surface area contributed by atoms with Gasteiger partial charge in [0.2, 0.25) is 0 Å². The molecule has 0 aliphatic carbocycles. The van der Waals surface area contributed by atoms with Gasteiger partial charge >= 0.3 is 0 Å². The van der Waals surface area contributed by atoms with Gasteiger partial charge in [0.1, 0.15) is 0 Å². The molecule has 2 aromatic rings. The number of aromatic nitrogens is 2. The van der Waals surface area contributed by atoms with Gasteiger partial charge in [-0.15, -0.1) is 0 Å². The number of anilines is 1. The first-order valence-electron chi connectivity index (χ1n) is 4.89. The van der Waals surface area contributed by atoms with Crippen LogP contribution in [-0.2, 0) is 6.42 Å². The van der Waals surface area contributed by atoms with Crippen LogP contribution in [-0.4, -0.2) is 10.1 Å². The van der Waals surface area contributed by atoms with Crippen LogP contribution in [0.15, 0.2) is 22.9 Å². The van der Waals surface area contributed by atoms with Crippen molar-refractivity contribution in [3.63, 3.8) is 0 Å². The summed E-state index contributed by atoms with van der Waals surface area (Å²) in [6.45, 7) is 3.97. The van der Waals surface area contributed by atoms with Gasteiger partial charge in [-0.1, -0.05) is 12.1 Å². The molecular weight excluding hydrogens is 190 g/mol. The zero-order chi connectivity index (χ0) is 10.8. The molecule has 4 nitrogen and oxygen atoms in total. The summed E-state index contributed by atoms with van der Waals surface area (Å²) in [6.07, 6.45) is 2.56. The second-order valence-electron chi connectivity index (χ2n) is 3.41. The number of hydrogen-bond acceptors (Lipinski definition) is 4. The summed E-state index contributed by atoms with van der Waals surface area (Å²) in [4.78, 5) is 4.13. The zero-order valence-electron chi connectivity index (χ0n) is 8.82. The summed E-state index contributed by atoms with van der Waals surface area (Å²) >= 11 is 0. The fraction of sp³-hybridized carbons (Fsp3) is 0.273. The summed E-state index contributed by atoms with van der Waals surface area (Å²) in [6, 6.07) is 3.85. The zero-order valence-corrected chi connectivity index (χ0v) is 8.82. The Morgan fingerprint density at radius 3 is 2.93 bits per heavy atom. The smallest absolute Gasteiger partial charge is 0.172 e. The van der Waals surface area contributed by atoms with Gasteiger partial charge < -0.3 is 10.3 Å². The van der Waals surface area contributed by atoms with Crippen molar-refractivity contribution in [2.24, 2.45) is 0 Å². The number of nitrogen functional groups attached to an aromatic ring is 1. The molecule has 2 rings (SSSR count). The molecule has 2 heterocycles. The van der Waals surface area contributed by atoms with Gasteiger partial charge in [0.15, 0.2) is 11.6 Å². The van der Waals surface area contributed by atoms with Crippen molar-refractivity contribution in [1.29, 1.82) is 0 Å². The van der Waals surface area contributed by atoms with Crippen molar-refractivity contribution >= 4 is 5.82 Å². The van der Waals surface area contributed by atoms with E-state index >= 15 is 0 Å². The Bertz CT molecular complexity index is 476. The van der Waals surface area contributed by atoms with Crippen molar-refractivity contribution in [2.45, 2.75) is 20.3 Å². The van der Waals surface area contributed by atoms with E-state index < -0.39 is 0 Å². The Labute approximate surface area is 88.1 Å². The highest BCUT2D eigenvalue weighted by molar-refractivity contribution is 5.65. The molecule has 0 aliphatic rings. The van der Waals surface area contributed by atoms with E-state index in [1.165, 1.54) is 0 Å². The maximum absolute atomic E-state index is 5.71. The Morgan fingerprint density at radius 2 is 2.27 bits per heavy atom. The first-order chi connectivity index (χ1) is 7.22. The van der Waals surface area contributed by atoms with Crippen molar-refractivity contribution < 1.29 is 4.52 Å². The molecule has 15 heavy (non-hydrogen) atoms. The standard InChI is InChI=1S/C11H13N3O/c1-3-9-10(15-14-11(9)12)8-4-5-13-7(2)6-8/h4-6H,3H2,1-2H3,(H2,12,14). The second kappa shape index (κ2) is 3.73. The second-order valence-corrected chi connectivity index (χ2v) is 3.41. The minimum atomic E-state index is 0.474. The van der Waals surface area contributed by atoms with Gasteiger partial charge in [-0.05, 0) is 25.5 Å². The van der Waals surface area contributed by atoms with Crippen LogP contribution in [0.2, 0.25) is 0 Å². The topological polar surface area (TPSA) is 64.9 Å². The highest BCUT2D eigenvalue weighted by Crippen LogP contribution is 2.27. The number of rotatable bonds is 2. The molecule has 0 saturated carbocycles. The van der Waals surface area contributed by atoms with Crippen LogP contribution < -0.4 is 5.73 Å². The SMILES string of the molecule is CCc1c(N)noc1-c1ccnc(C)c1. The minimum Gasteiger partial charge on any atom is -0.381 e. The predicted molar refractivity (Wildman–Crippen MR) is 58.3 cm³/mol. The minimum absolute atomic E-state index is 0.474. The summed E-state index contributed by atoms with van der Waals surface area (Å²) < 4.78 is 5.22. The lowest BCUT2D eigenvalue weighted by Gasteiger charge is -1.99. The highest BCUT2D eigenvalue weighted by Gasteiger charge is 2.13. The fourth-order valence-electron chi connectivity index (χ4n) is 1.58. The van der Waals surface area contributed by atoms with Gasteiger partial charge in [-0.2, -0.15) is 0 Å². The fourth-order valence-corrected chi connectivity index (χ4v) is 1.58. The average Bonchev–Trinajstić information content (AvgIpc) is 2.59. The first-order valence-corrected chi connectivity index (χ1v) is 4.89. The van der Waals surface area contributed by atoms with Gasteiger partial charge in [-0.25, -0.2) is 0 Å². The van der Waals surface area contributed by atoms with E-state index in [1.807, 2.05) is 26.0 Å². The summed E-state index contributed by atoms with van der Waals surface area (Å²) in [5.74, 6) is 1.22. The third kappa shape index (κ3) is 1.70. The molecule has 2 aromatic heterocycles. The molecule has 0 spiro atoms. The van der Waals surface area contributed by atoms with E-state index in [0.29, 0.717) is 5.82 Å². The predicted octanol–water partition coefficient (Wildman–Crippen LogP) is 2.19. The molecule has 0 atom stereocenters. The molecule has 4 heteroatoms. The lowest BCUT2D eigenvalue weighted by Crippen LogP contribution is -1.91. The van der Waals surface area contributed by atoms with Crippen LogP contribution in [0.4, 0.5) is 5.82 Å². The van der Waals surface area contributed by atoms with Crippen molar-refractivity contribution in [2.75, 3.05) is 5.73 Å².